The second-order valence-corrected chi connectivity index (χ2v) is 6.32. The monoisotopic (exact) mass is 389 g/mol. The van der Waals surface area contributed by atoms with Crippen molar-refractivity contribution in [1.82, 2.24) is 4.90 Å². The van der Waals surface area contributed by atoms with Gasteiger partial charge >= 0.3 is 12.1 Å². The number of alkyl halides is 3. The highest BCUT2D eigenvalue weighted by atomic mass is 19.4. The van der Waals surface area contributed by atoms with Crippen LogP contribution in [0.15, 0.2) is 18.2 Å². The van der Waals surface area contributed by atoms with Crippen LogP contribution in [0.1, 0.15) is 30.1 Å². The Balaban J connectivity index is 2.06. The zero-order valence-corrected chi connectivity index (χ0v) is 14.4. The molecule has 2 rings (SSSR count). The third kappa shape index (κ3) is 5.56. The third-order valence-electron chi connectivity index (χ3n) is 4.26. The summed E-state index contributed by atoms with van der Waals surface area (Å²) in [6.07, 6.45) is -3.13. The SMILES string of the molecule is C[C@@H](C1CC1)N(CC(F)(F)F)C(=O)COC(=O)c1cc([N+](=O)[O-])ccc1N. The van der Waals surface area contributed by atoms with Gasteiger partial charge in [0.25, 0.3) is 11.6 Å². The molecule has 1 atom stereocenters. The van der Waals surface area contributed by atoms with E-state index in [1.54, 1.807) is 0 Å². The fourth-order valence-corrected chi connectivity index (χ4v) is 2.61. The molecule has 148 valence electrons. The number of non-ortho nitro benzene ring substituents is 1. The highest BCUT2D eigenvalue weighted by molar-refractivity contribution is 5.97. The molecule has 8 nitrogen and oxygen atoms in total. The van der Waals surface area contributed by atoms with E-state index in [-0.39, 0.29) is 17.2 Å². The fraction of sp³-hybridized carbons (Fsp3) is 0.500. The summed E-state index contributed by atoms with van der Waals surface area (Å²) >= 11 is 0. The normalized spacial score (nSPS) is 15.1. The van der Waals surface area contributed by atoms with Crippen LogP contribution in [-0.4, -0.2) is 47.1 Å². The first-order chi connectivity index (χ1) is 12.5. The number of carbonyl (C=O) groups excluding carboxylic acids is 2. The molecule has 0 saturated heterocycles. The number of nitrogen functional groups attached to an aromatic ring is 1. The highest BCUT2D eigenvalue weighted by Crippen LogP contribution is 2.36. The standard InChI is InChI=1S/C16H18F3N3O5/c1-9(10-2-3-10)21(8-16(17,18)19)14(23)7-27-15(24)12-6-11(22(25)26)4-5-13(12)20/h4-6,9-10H,2-3,7-8,20H2,1H3/t9-/m0/s1. The maximum Gasteiger partial charge on any atom is 0.406 e. The number of nitrogens with zero attached hydrogens (tertiary/aromatic N) is 2. The lowest BCUT2D eigenvalue weighted by Crippen LogP contribution is -2.47. The molecule has 1 aliphatic carbocycles. The van der Waals surface area contributed by atoms with Gasteiger partial charge in [-0.3, -0.25) is 14.9 Å². The molecular weight excluding hydrogens is 371 g/mol. The first-order valence-corrected chi connectivity index (χ1v) is 8.07. The number of nitro groups is 1. The lowest BCUT2D eigenvalue weighted by atomic mass is 10.1. The molecule has 1 aromatic rings. The smallest absolute Gasteiger partial charge is 0.406 e. The number of hydrogen-bond acceptors (Lipinski definition) is 6. The summed E-state index contributed by atoms with van der Waals surface area (Å²) in [5.74, 6) is -2.14. The number of nitrogens with two attached hydrogens (primary N) is 1. The van der Waals surface area contributed by atoms with Gasteiger partial charge in [-0.1, -0.05) is 0 Å². The van der Waals surface area contributed by atoms with Crippen molar-refractivity contribution >= 4 is 23.3 Å². The van der Waals surface area contributed by atoms with Crippen molar-refractivity contribution in [2.45, 2.75) is 32.0 Å². The van der Waals surface area contributed by atoms with Gasteiger partial charge in [0.05, 0.1) is 10.5 Å². The maximum absolute atomic E-state index is 12.8. The van der Waals surface area contributed by atoms with E-state index in [0.717, 1.165) is 31.0 Å². The van der Waals surface area contributed by atoms with Crippen molar-refractivity contribution in [2.24, 2.45) is 5.92 Å². The molecule has 0 heterocycles. The number of amides is 1. The number of nitro benzene ring substituents is 1. The molecule has 1 aromatic carbocycles. The van der Waals surface area contributed by atoms with Crippen molar-refractivity contribution in [3.63, 3.8) is 0 Å². The van der Waals surface area contributed by atoms with E-state index >= 15 is 0 Å². The lowest BCUT2D eigenvalue weighted by Gasteiger charge is -2.30. The quantitative estimate of drug-likeness (QED) is 0.332. The first kappa shape index (κ1) is 20.5. The Morgan fingerprint density at radius 3 is 2.56 bits per heavy atom. The Morgan fingerprint density at radius 2 is 2.04 bits per heavy atom. The number of benzene rings is 1. The topological polar surface area (TPSA) is 116 Å². The predicted octanol–water partition coefficient (Wildman–Crippen LogP) is 2.52. The van der Waals surface area contributed by atoms with E-state index in [0.29, 0.717) is 4.90 Å². The Bertz CT molecular complexity index is 749. The van der Waals surface area contributed by atoms with Crippen LogP contribution in [0.2, 0.25) is 0 Å². The Morgan fingerprint density at radius 1 is 1.41 bits per heavy atom. The van der Waals surface area contributed by atoms with Crippen LogP contribution in [0, 0.1) is 16.0 Å². The maximum atomic E-state index is 12.8. The van der Waals surface area contributed by atoms with Crippen LogP contribution in [-0.2, 0) is 9.53 Å². The van der Waals surface area contributed by atoms with Gasteiger partial charge in [0.2, 0.25) is 0 Å². The van der Waals surface area contributed by atoms with E-state index in [2.05, 4.69) is 0 Å². The molecule has 0 aromatic heterocycles. The minimum absolute atomic E-state index is 0.0144. The molecule has 1 amide bonds. The number of ether oxygens (including phenoxy) is 1. The Labute approximate surface area is 152 Å². The second-order valence-electron chi connectivity index (χ2n) is 6.32. The second kappa shape index (κ2) is 7.80. The van der Waals surface area contributed by atoms with Gasteiger partial charge < -0.3 is 15.4 Å². The molecule has 0 bridgehead atoms. The van der Waals surface area contributed by atoms with Gasteiger partial charge in [-0.15, -0.1) is 0 Å². The van der Waals surface area contributed by atoms with E-state index in [9.17, 15) is 32.9 Å². The van der Waals surface area contributed by atoms with Gasteiger partial charge in [0.15, 0.2) is 6.61 Å². The summed E-state index contributed by atoms with van der Waals surface area (Å²) in [6.45, 7) is -0.851. The van der Waals surface area contributed by atoms with Gasteiger partial charge in [0, 0.05) is 23.9 Å². The van der Waals surface area contributed by atoms with Gasteiger partial charge in [0.1, 0.15) is 6.54 Å². The van der Waals surface area contributed by atoms with Crippen molar-refractivity contribution in [3.8, 4) is 0 Å². The molecule has 0 aliphatic heterocycles. The van der Waals surface area contributed by atoms with E-state index in [1.807, 2.05) is 0 Å². The number of rotatable bonds is 7. The van der Waals surface area contributed by atoms with Crippen molar-refractivity contribution in [3.05, 3.63) is 33.9 Å². The van der Waals surface area contributed by atoms with E-state index in [4.69, 9.17) is 10.5 Å². The first-order valence-electron chi connectivity index (χ1n) is 8.07. The number of esters is 1. The zero-order chi connectivity index (χ0) is 20.4. The number of halogens is 3. The summed E-state index contributed by atoms with van der Waals surface area (Å²) in [6, 6.07) is 2.45. The molecule has 11 heteroatoms. The third-order valence-corrected chi connectivity index (χ3v) is 4.26. The molecule has 27 heavy (non-hydrogen) atoms. The Kier molecular flexibility index (Phi) is 5.91. The molecule has 1 saturated carbocycles. The van der Waals surface area contributed by atoms with Crippen LogP contribution < -0.4 is 5.73 Å². The average molecular weight is 389 g/mol. The predicted molar refractivity (Wildman–Crippen MR) is 87.7 cm³/mol. The molecule has 1 aliphatic rings. The highest BCUT2D eigenvalue weighted by Gasteiger charge is 2.40. The number of carbonyl (C=O) groups is 2. The fourth-order valence-electron chi connectivity index (χ4n) is 2.61. The van der Waals surface area contributed by atoms with Gasteiger partial charge in [-0.05, 0) is 31.7 Å². The van der Waals surface area contributed by atoms with Crippen molar-refractivity contribution in [1.29, 1.82) is 0 Å². The van der Waals surface area contributed by atoms with Crippen LogP contribution in [0.3, 0.4) is 0 Å². The largest absolute Gasteiger partial charge is 0.452 e. The summed E-state index contributed by atoms with van der Waals surface area (Å²) < 4.78 is 43.0. The zero-order valence-electron chi connectivity index (χ0n) is 14.4. The molecule has 2 N–H and O–H groups in total. The van der Waals surface area contributed by atoms with Crippen LogP contribution in [0.25, 0.3) is 0 Å². The van der Waals surface area contributed by atoms with Crippen LogP contribution in [0.4, 0.5) is 24.5 Å². The average Bonchev–Trinajstić information content (AvgIpc) is 3.41. The summed E-state index contributed by atoms with van der Waals surface area (Å²) in [7, 11) is 0. The number of anilines is 1. The Hall–Kier alpha value is -2.85. The van der Waals surface area contributed by atoms with Crippen molar-refractivity contribution < 1.29 is 32.4 Å². The van der Waals surface area contributed by atoms with Crippen LogP contribution in [0.5, 0.6) is 0 Å². The van der Waals surface area contributed by atoms with Crippen molar-refractivity contribution in [2.75, 3.05) is 18.9 Å². The summed E-state index contributed by atoms with van der Waals surface area (Å²) in [5, 5.41) is 10.8. The molecular formula is C16H18F3N3O5. The minimum atomic E-state index is -4.59. The van der Waals surface area contributed by atoms with Crippen LogP contribution >= 0.6 is 0 Å². The van der Waals surface area contributed by atoms with Gasteiger partial charge in [-0.25, -0.2) is 4.79 Å². The number of hydrogen-bond donors (Lipinski definition) is 1. The lowest BCUT2D eigenvalue weighted by molar-refractivity contribution is -0.384. The van der Waals surface area contributed by atoms with E-state index < -0.39 is 47.9 Å². The minimum Gasteiger partial charge on any atom is -0.452 e. The molecule has 0 spiro atoms. The molecule has 1 fully saturated rings. The summed E-state index contributed by atoms with van der Waals surface area (Å²) in [5.41, 5.74) is 4.70. The molecule has 0 unspecified atom stereocenters. The van der Waals surface area contributed by atoms with E-state index in [1.165, 1.54) is 6.92 Å². The summed E-state index contributed by atoms with van der Waals surface area (Å²) in [4.78, 5) is 34.9. The van der Waals surface area contributed by atoms with Gasteiger partial charge in [-0.2, -0.15) is 13.2 Å². The molecule has 0 radical (unpaired) electrons.